The van der Waals surface area contributed by atoms with E-state index in [9.17, 15) is 18.4 Å². The zero-order chi connectivity index (χ0) is 20.6. The van der Waals surface area contributed by atoms with Crippen molar-refractivity contribution in [3.05, 3.63) is 81.8 Å². The fraction of sp³-hybridized carbons (Fsp3) is 0.238. The smallest absolute Gasteiger partial charge is 0.273 e. The molecule has 29 heavy (non-hydrogen) atoms. The van der Waals surface area contributed by atoms with Crippen LogP contribution in [0.2, 0.25) is 0 Å². The molecular formula is C21H20F2N4O2. The number of carbonyl (C=O) groups excluding carboxylic acids is 1. The maximum Gasteiger partial charge on any atom is 0.273 e. The lowest BCUT2D eigenvalue weighted by Gasteiger charge is -2.06. The quantitative estimate of drug-likeness (QED) is 0.571. The Morgan fingerprint density at radius 1 is 1.00 bits per heavy atom. The monoisotopic (exact) mass is 398 g/mol. The van der Waals surface area contributed by atoms with Gasteiger partial charge in [0, 0.05) is 24.9 Å². The van der Waals surface area contributed by atoms with E-state index in [1.54, 1.807) is 0 Å². The number of H-pyrrole nitrogens is 1. The Kier molecular flexibility index (Phi) is 6.78. The van der Waals surface area contributed by atoms with E-state index in [1.165, 1.54) is 11.6 Å². The lowest BCUT2D eigenvalue weighted by atomic mass is 10.1. The SMILES string of the molecule is O=C(CCc1nnc(-c2ccc(F)c(F)c2)[nH]c1=O)NCCCc1ccccc1. The maximum absolute atomic E-state index is 13.3. The van der Waals surface area contributed by atoms with Crippen LogP contribution in [-0.2, 0) is 17.6 Å². The summed E-state index contributed by atoms with van der Waals surface area (Å²) in [5, 5.41) is 10.5. The second-order valence-corrected chi connectivity index (χ2v) is 6.52. The van der Waals surface area contributed by atoms with Crippen molar-refractivity contribution >= 4 is 5.91 Å². The number of rotatable bonds is 8. The van der Waals surface area contributed by atoms with Gasteiger partial charge in [0.25, 0.3) is 5.56 Å². The third-order valence-electron chi connectivity index (χ3n) is 4.35. The van der Waals surface area contributed by atoms with Gasteiger partial charge in [-0.05, 0) is 36.6 Å². The van der Waals surface area contributed by atoms with Gasteiger partial charge in [0.15, 0.2) is 17.5 Å². The first-order valence-electron chi connectivity index (χ1n) is 9.25. The third-order valence-corrected chi connectivity index (χ3v) is 4.35. The molecule has 0 aliphatic carbocycles. The van der Waals surface area contributed by atoms with Crippen molar-refractivity contribution in [3.63, 3.8) is 0 Å². The van der Waals surface area contributed by atoms with Gasteiger partial charge in [0.05, 0.1) is 0 Å². The van der Waals surface area contributed by atoms with Crippen LogP contribution in [0.5, 0.6) is 0 Å². The molecule has 6 nitrogen and oxygen atoms in total. The molecule has 0 spiro atoms. The number of aromatic nitrogens is 3. The fourth-order valence-electron chi connectivity index (χ4n) is 2.78. The number of nitrogens with zero attached hydrogens (tertiary/aromatic N) is 2. The number of nitrogens with one attached hydrogen (secondary N) is 2. The molecule has 2 aromatic carbocycles. The maximum atomic E-state index is 13.3. The van der Waals surface area contributed by atoms with Gasteiger partial charge >= 0.3 is 0 Å². The van der Waals surface area contributed by atoms with Gasteiger partial charge in [-0.1, -0.05) is 30.3 Å². The summed E-state index contributed by atoms with van der Waals surface area (Å²) in [6.07, 6.45) is 1.93. The summed E-state index contributed by atoms with van der Waals surface area (Å²) in [6.45, 7) is 0.546. The van der Waals surface area contributed by atoms with Crippen molar-refractivity contribution in [2.24, 2.45) is 0 Å². The van der Waals surface area contributed by atoms with E-state index in [2.05, 4.69) is 20.5 Å². The van der Waals surface area contributed by atoms with Gasteiger partial charge in [-0.15, -0.1) is 10.2 Å². The zero-order valence-electron chi connectivity index (χ0n) is 15.6. The number of hydrogen-bond donors (Lipinski definition) is 2. The number of carbonyl (C=O) groups is 1. The van der Waals surface area contributed by atoms with E-state index in [0.29, 0.717) is 6.54 Å². The molecule has 0 saturated carbocycles. The zero-order valence-corrected chi connectivity index (χ0v) is 15.6. The minimum absolute atomic E-state index is 0.0306. The number of amides is 1. The predicted octanol–water partition coefficient (Wildman–Crippen LogP) is 2.79. The number of aromatic amines is 1. The second-order valence-electron chi connectivity index (χ2n) is 6.52. The topological polar surface area (TPSA) is 87.7 Å². The molecule has 0 bridgehead atoms. The molecule has 1 heterocycles. The van der Waals surface area contributed by atoms with Crippen LogP contribution in [0.1, 0.15) is 24.1 Å². The van der Waals surface area contributed by atoms with Crippen LogP contribution in [0, 0.1) is 11.6 Å². The van der Waals surface area contributed by atoms with E-state index in [0.717, 1.165) is 25.0 Å². The Hall–Kier alpha value is -3.42. The molecule has 3 rings (SSSR count). The summed E-state index contributed by atoms with van der Waals surface area (Å²) in [6, 6.07) is 13.2. The highest BCUT2D eigenvalue weighted by Gasteiger charge is 2.11. The summed E-state index contributed by atoms with van der Waals surface area (Å²) < 4.78 is 26.3. The highest BCUT2D eigenvalue weighted by molar-refractivity contribution is 5.76. The van der Waals surface area contributed by atoms with Gasteiger partial charge in [0.2, 0.25) is 5.91 Å². The normalized spacial score (nSPS) is 10.7. The molecule has 0 aliphatic heterocycles. The Morgan fingerprint density at radius 3 is 2.52 bits per heavy atom. The lowest BCUT2D eigenvalue weighted by Crippen LogP contribution is -2.26. The van der Waals surface area contributed by atoms with Crippen LogP contribution in [0.15, 0.2) is 53.3 Å². The summed E-state index contributed by atoms with van der Waals surface area (Å²) >= 11 is 0. The van der Waals surface area contributed by atoms with Gasteiger partial charge in [-0.3, -0.25) is 9.59 Å². The second kappa shape index (κ2) is 9.68. The van der Waals surface area contributed by atoms with Crippen LogP contribution in [0.3, 0.4) is 0 Å². The first-order valence-corrected chi connectivity index (χ1v) is 9.25. The highest BCUT2D eigenvalue weighted by Crippen LogP contribution is 2.16. The van der Waals surface area contributed by atoms with E-state index < -0.39 is 17.2 Å². The van der Waals surface area contributed by atoms with Crippen molar-refractivity contribution in [1.29, 1.82) is 0 Å². The Balaban J connectivity index is 1.48. The standard InChI is InChI=1S/C21H20F2N4O2/c22-16-9-8-15(13-17(16)23)20-25-21(29)18(26-27-20)10-11-19(28)24-12-4-7-14-5-2-1-3-6-14/h1-3,5-6,8-9,13H,4,7,10-12H2,(H,24,28)(H,25,27,29). The van der Waals surface area contributed by atoms with Crippen LogP contribution < -0.4 is 10.9 Å². The number of benzene rings is 2. The van der Waals surface area contributed by atoms with Gasteiger partial charge < -0.3 is 10.3 Å². The molecular weight excluding hydrogens is 378 g/mol. The first kappa shape index (κ1) is 20.3. The molecule has 150 valence electrons. The summed E-state index contributed by atoms with van der Waals surface area (Å²) in [4.78, 5) is 26.6. The number of halogens is 2. The summed E-state index contributed by atoms with van der Waals surface area (Å²) in [5.74, 6) is -2.18. The van der Waals surface area contributed by atoms with E-state index in [4.69, 9.17) is 0 Å². The van der Waals surface area contributed by atoms with Crippen molar-refractivity contribution in [2.45, 2.75) is 25.7 Å². The van der Waals surface area contributed by atoms with Gasteiger partial charge in [-0.2, -0.15) is 0 Å². The summed E-state index contributed by atoms with van der Waals surface area (Å²) in [7, 11) is 0. The van der Waals surface area contributed by atoms with Crippen molar-refractivity contribution < 1.29 is 13.6 Å². The molecule has 0 unspecified atom stereocenters. The minimum atomic E-state index is -1.04. The van der Waals surface area contributed by atoms with E-state index >= 15 is 0 Å². The first-order chi connectivity index (χ1) is 14.0. The van der Waals surface area contributed by atoms with Crippen molar-refractivity contribution in [1.82, 2.24) is 20.5 Å². The largest absolute Gasteiger partial charge is 0.356 e. The fourth-order valence-corrected chi connectivity index (χ4v) is 2.78. The molecule has 0 radical (unpaired) electrons. The third kappa shape index (κ3) is 5.78. The molecule has 8 heteroatoms. The molecule has 0 aliphatic rings. The molecule has 3 aromatic rings. The molecule has 2 N–H and O–H groups in total. The molecule has 0 atom stereocenters. The Labute approximate surface area is 166 Å². The lowest BCUT2D eigenvalue weighted by molar-refractivity contribution is -0.121. The Morgan fingerprint density at radius 2 is 1.79 bits per heavy atom. The molecule has 0 saturated heterocycles. The molecule has 0 fully saturated rings. The average Bonchev–Trinajstić information content (AvgIpc) is 2.73. The van der Waals surface area contributed by atoms with Crippen molar-refractivity contribution in [3.8, 4) is 11.4 Å². The average molecular weight is 398 g/mol. The summed E-state index contributed by atoms with van der Waals surface area (Å²) in [5.41, 5.74) is 1.01. The Bertz CT molecular complexity index is 1040. The number of hydrogen-bond acceptors (Lipinski definition) is 4. The van der Waals surface area contributed by atoms with Gasteiger partial charge in [0.1, 0.15) is 5.69 Å². The van der Waals surface area contributed by atoms with E-state index in [-0.39, 0.29) is 35.8 Å². The number of aryl methyl sites for hydroxylation is 2. The van der Waals surface area contributed by atoms with E-state index in [1.807, 2.05) is 30.3 Å². The molecule has 1 aromatic heterocycles. The van der Waals surface area contributed by atoms with Crippen molar-refractivity contribution in [2.75, 3.05) is 6.54 Å². The predicted molar refractivity (Wildman–Crippen MR) is 104 cm³/mol. The minimum Gasteiger partial charge on any atom is -0.356 e. The van der Waals surface area contributed by atoms with Crippen LogP contribution in [0.25, 0.3) is 11.4 Å². The van der Waals surface area contributed by atoms with Gasteiger partial charge in [-0.25, -0.2) is 8.78 Å². The van der Waals surface area contributed by atoms with Crippen LogP contribution in [0.4, 0.5) is 8.78 Å². The molecule has 1 amide bonds. The van der Waals surface area contributed by atoms with Crippen LogP contribution >= 0.6 is 0 Å². The highest BCUT2D eigenvalue weighted by atomic mass is 19.2. The van der Waals surface area contributed by atoms with Crippen LogP contribution in [-0.4, -0.2) is 27.6 Å².